The molecule has 1 aliphatic heterocycles. The molecule has 0 amide bonds. The van der Waals surface area contributed by atoms with Crippen LogP contribution in [-0.2, 0) is 4.74 Å². The Morgan fingerprint density at radius 2 is 1.92 bits per heavy atom. The molecule has 0 saturated carbocycles. The van der Waals surface area contributed by atoms with Crippen molar-refractivity contribution in [2.45, 2.75) is 32.0 Å². The molecule has 2 rings (SSSR count). The molecule has 0 unspecified atom stereocenters. The van der Waals surface area contributed by atoms with E-state index in [4.69, 9.17) is 4.74 Å². The highest BCUT2D eigenvalue weighted by Crippen LogP contribution is 2.31. The topological polar surface area (TPSA) is 9.23 Å². The van der Waals surface area contributed by atoms with Gasteiger partial charge in [0.1, 0.15) is 0 Å². The van der Waals surface area contributed by atoms with Gasteiger partial charge in [-0.3, -0.25) is 0 Å². The molecule has 1 fully saturated rings. The molecule has 1 heteroatoms. The zero-order valence-electron chi connectivity index (χ0n) is 7.36. The Morgan fingerprint density at radius 1 is 1.17 bits per heavy atom. The van der Waals surface area contributed by atoms with E-state index in [1.54, 1.807) is 0 Å². The summed E-state index contributed by atoms with van der Waals surface area (Å²) in [5.41, 5.74) is 1.32. The molecule has 0 bridgehead atoms. The molecule has 1 aliphatic rings. The molecule has 0 aliphatic carbocycles. The molecule has 1 aromatic rings. The van der Waals surface area contributed by atoms with Gasteiger partial charge in [0, 0.05) is 0 Å². The first-order chi connectivity index (χ1) is 5.86. The van der Waals surface area contributed by atoms with Crippen molar-refractivity contribution in [1.82, 2.24) is 0 Å². The van der Waals surface area contributed by atoms with Crippen molar-refractivity contribution in [3.63, 3.8) is 0 Å². The predicted octanol–water partition coefficient (Wildman–Crippen LogP) is 2.93. The Hall–Kier alpha value is -0.820. The summed E-state index contributed by atoms with van der Waals surface area (Å²) in [6, 6.07) is 10.5. The third-order valence-electron chi connectivity index (χ3n) is 2.40. The molecule has 1 saturated heterocycles. The molecule has 1 aromatic carbocycles. The lowest BCUT2D eigenvalue weighted by molar-refractivity contribution is 0.0555. The number of hydrogen-bond acceptors (Lipinski definition) is 1. The van der Waals surface area contributed by atoms with Gasteiger partial charge in [0.05, 0.1) is 12.2 Å². The zero-order valence-corrected chi connectivity index (χ0v) is 7.36. The first-order valence-electron chi connectivity index (χ1n) is 4.56. The number of benzene rings is 1. The van der Waals surface area contributed by atoms with E-state index in [1.165, 1.54) is 18.4 Å². The minimum atomic E-state index is 0.348. The third kappa shape index (κ3) is 1.51. The summed E-state index contributed by atoms with van der Waals surface area (Å²) in [5.74, 6) is 0. The molecule has 0 aromatic heterocycles. The maximum absolute atomic E-state index is 5.75. The second-order valence-electron chi connectivity index (χ2n) is 3.42. The molecule has 0 spiro atoms. The summed E-state index contributed by atoms with van der Waals surface area (Å²) in [6.45, 7) is 2.14. The van der Waals surface area contributed by atoms with Gasteiger partial charge in [-0.25, -0.2) is 0 Å². The Balaban J connectivity index is 2.11. The molecular formula is C11H14O. The van der Waals surface area contributed by atoms with Gasteiger partial charge >= 0.3 is 0 Å². The van der Waals surface area contributed by atoms with E-state index in [1.807, 2.05) is 6.07 Å². The molecule has 1 nitrogen and oxygen atoms in total. The molecular weight excluding hydrogens is 148 g/mol. The van der Waals surface area contributed by atoms with E-state index < -0.39 is 0 Å². The Bertz CT molecular complexity index is 242. The van der Waals surface area contributed by atoms with Crippen LogP contribution in [-0.4, -0.2) is 6.10 Å². The van der Waals surface area contributed by atoms with Crippen molar-refractivity contribution in [2.24, 2.45) is 0 Å². The second kappa shape index (κ2) is 3.28. The van der Waals surface area contributed by atoms with Gasteiger partial charge in [-0.05, 0) is 25.3 Å². The maximum atomic E-state index is 5.75. The fourth-order valence-corrected chi connectivity index (χ4v) is 1.72. The van der Waals surface area contributed by atoms with Crippen molar-refractivity contribution in [1.29, 1.82) is 0 Å². The first kappa shape index (κ1) is 7.81. The number of rotatable bonds is 1. The van der Waals surface area contributed by atoms with Crippen LogP contribution in [0.4, 0.5) is 0 Å². The van der Waals surface area contributed by atoms with Crippen LogP contribution < -0.4 is 0 Å². The van der Waals surface area contributed by atoms with Crippen LogP contribution in [0.15, 0.2) is 30.3 Å². The Kier molecular flexibility index (Phi) is 2.13. The van der Waals surface area contributed by atoms with Gasteiger partial charge in [-0.2, -0.15) is 0 Å². The standard InChI is InChI=1S/C11H14O/c1-9-7-8-11(12-9)10-5-3-2-4-6-10/h2-6,9,11H,7-8H2,1H3/t9-,11+/m1/s1. The number of ether oxygens (including phenoxy) is 1. The molecule has 0 N–H and O–H groups in total. The van der Waals surface area contributed by atoms with Crippen LogP contribution in [0.3, 0.4) is 0 Å². The van der Waals surface area contributed by atoms with Crippen molar-refractivity contribution < 1.29 is 4.74 Å². The van der Waals surface area contributed by atoms with Gasteiger partial charge in [0.15, 0.2) is 0 Å². The minimum Gasteiger partial charge on any atom is -0.371 e. The Labute approximate surface area is 73.4 Å². The first-order valence-corrected chi connectivity index (χ1v) is 4.56. The average molecular weight is 162 g/mol. The smallest absolute Gasteiger partial charge is 0.0829 e. The average Bonchev–Trinajstić information content (AvgIpc) is 2.54. The molecule has 12 heavy (non-hydrogen) atoms. The molecule has 64 valence electrons. The van der Waals surface area contributed by atoms with Crippen LogP contribution in [0.25, 0.3) is 0 Å². The maximum Gasteiger partial charge on any atom is 0.0829 e. The van der Waals surface area contributed by atoms with Gasteiger partial charge in [0.2, 0.25) is 0 Å². The van der Waals surface area contributed by atoms with Crippen molar-refractivity contribution in [3.05, 3.63) is 35.9 Å². The lowest BCUT2D eigenvalue weighted by Gasteiger charge is -2.10. The minimum absolute atomic E-state index is 0.348. The van der Waals surface area contributed by atoms with Gasteiger partial charge in [-0.1, -0.05) is 30.3 Å². The van der Waals surface area contributed by atoms with Crippen molar-refractivity contribution in [2.75, 3.05) is 0 Å². The monoisotopic (exact) mass is 162 g/mol. The van der Waals surface area contributed by atoms with E-state index in [-0.39, 0.29) is 0 Å². The number of hydrogen-bond donors (Lipinski definition) is 0. The fraction of sp³-hybridized carbons (Fsp3) is 0.455. The summed E-state index contributed by atoms with van der Waals surface area (Å²) in [7, 11) is 0. The summed E-state index contributed by atoms with van der Waals surface area (Å²) < 4.78 is 5.75. The normalized spacial score (nSPS) is 29.1. The van der Waals surface area contributed by atoms with Crippen LogP contribution in [0, 0.1) is 0 Å². The Morgan fingerprint density at radius 3 is 2.50 bits per heavy atom. The van der Waals surface area contributed by atoms with E-state index in [0.717, 1.165) is 0 Å². The summed E-state index contributed by atoms with van der Waals surface area (Å²) in [6.07, 6.45) is 3.15. The van der Waals surface area contributed by atoms with Crippen molar-refractivity contribution in [3.8, 4) is 0 Å². The van der Waals surface area contributed by atoms with Crippen LogP contribution >= 0.6 is 0 Å². The lowest BCUT2D eigenvalue weighted by atomic mass is 10.1. The SMILES string of the molecule is C[C@@H]1CC[C@@H](c2ccccc2)O1. The summed E-state index contributed by atoms with van der Waals surface area (Å²) >= 11 is 0. The zero-order chi connectivity index (χ0) is 8.39. The molecule has 1 heterocycles. The van der Waals surface area contributed by atoms with Crippen LogP contribution in [0.1, 0.15) is 31.4 Å². The largest absolute Gasteiger partial charge is 0.371 e. The van der Waals surface area contributed by atoms with Crippen LogP contribution in [0.2, 0.25) is 0 Å². The van der Waals surface area contributed by atoms with E-state index >= 15 is 0 Å². The highest BCUT2D eigenvalue weighted by atomic mass is 16.5. The van der Waals surface area contributed by atoms with E-state index in [2.05, 4.69) is 31.2 Å². The van der Waals surface area contributed by atoms with E-state index in [0.29, 0.717) is 12.2 Å². The van der Waals surface area contributed by atoms with Gasteiger partial charge < -0.3 is 4.74 Å². The summed E-state index contributed by atoms with van der Waals surface area (Å²) in [5, 5.41) is 0. The molecule has 0 radical (unpaired) electrons. The highest BCUT2D eigenvalue weighted by molar-refractivity contribution is 5.18. The van der Waals surface area contributed by atoms with Crippen LogP contribution in [0.5, 0.6) is 0 Å². The summed E-state index contributed by atoms with van der Waals surface area (Å²) in [4.78, 5) is 0. The van der Waals surface area contributed by atoms with E-state index in [9.17, 15) is 0 Å². The lowest BCUT2D eigenvalue weighted by Crippen LogP contribution is -2.00. The molecule has 2 atom stereocenters. The van der Waals surface area contributed by atoms with Gasteiger partial charge in [0.25, 0.3) is 0 Å². The highest BCUT2D eigenvalue weighted by Gasteiger charge is 2.22. The third-order valence-corrected chi connectivity index (χ3v) is 2.40. The van der Waals surface area contributed by atoms with Gasteiger partial charge in [-0.15, -0.1) is 0 Å². The quantitative estimate of drug-likeness (QED) is 0.617. The fourth-order valence-electron chi connectivity index (χ4n) is 1.72. The second-order valence-corrected chi connectivity index (χ2v) is 3.42. The predicted molar refractivity (Wildman–Crippen MR) is 49.0 cm³/mol. The van der Waals surface area contributed by atoms with Crippen molar-refractivity contribution >= 4 is 0 Å².